The van der Waals surface area contributed by atoms with Gasteiger partial charge < -0.3 is 9.47 Å². The van der Waals surface area contributed by atoms with Crippen molar-refractivity contribution in [3.63, 3.8) is 0 Å². The summed E-state index contributed by atoms with van der Waals surface area (Å²) in [7, 11) is 0. The van der Waals surface area contributed by atoms with Gasteiger partial charge in [-0.2, -0.15) is 0 Å². The molecular formula is C9H18O2. The largest absolute Gasteiger partial charge is 0.349 e. The van der Waals surface area contributed by atoms with E-state index in [1.165, 1.54) is 12.8 Å². The third-order valence-electron chi connectivity index (χ3n) is 2.13. The molecule has 0 N–H and O–H groups in total. The Morgan fingerprint density at radius 3 is 1.82 bits per heavy atom. The Bertz CT molecular complexity index is 91.7. The Balaban J connectivity index is 2.25. The van der Waals surface area contributed by atoms with E-state index in [4.69, 9.17) is 9.47 Å². The van der Waals surface area contributed by atoms with Crippen molar-refractivity contribution in [3.8, 4) is 0 Å². The zero-order chi connectivity index (χ0) is 8.10. The van der Waals surface area contributed by atoms with Gasteiger partial charge >= 0.3 is 0 Å². The molecule has 0 spiro atoms. The molecule has 0 aliphatic carbocycles. The Kier molecular flexibility index (Phi) is 3.87. The van der Waals surface area contributed by atoms with Gasteiger partial charge in [-0.1, -0.05) is 26.7 Å². The number of hydrogen-bond acceptors (Lipinski definition) is 2. The highest BCUT2D eigenvalue weighted by Gasteiger charge is 2.26. The molecule has 0 bridgehead atoms. The monoisotopic (exact) mass is 158 g/mol. The van der Waals surface area contributed by atoms with E-state index in [1.54, 1.807) is 0 Å². The van der Waals surface area contributed by atoms with Crippen LogP contribution in [0.15, 0.2) is 0 Å². The lowest BCUT2D eigenvalue weighted by atomic mass is 10.1. The Labute approximate surface area is 68.9 Å². The molecule has 2 unspecified atom stereocenters. The molecule has 0 aromatic heterocycles. The maximum Gasteiger partial charge on any atom is 0.147 e. The maximum atomic E-state index is 5.44. The van der Waals surface area contributed by atoms with Crippen LogP contribution >= 0.6 is 0 Å². The smallest absolute Gasteiger partial charge is 0.147 e. The van der Waals surface area contributed by atoms with Crippen molar-refractivity contribution in [1.82, 2.24) is 0 Å². The first-order chi connectivity index (χ1) is 5.38. The SMILES string of the molecule is CCCC1OCOC1CCC. The molecule has 1 rings (SSSR count). The van der Waals surface area contributed by atoms with Gasteiger partial charge in [-0.05, 0) is 12.8 Å². The number of ether oxygens (including phenoxy) is 2. The Hall–Kier alpha value is -0.0800. The summed E-state index contributed by atoms with van der Waals surface area (Å²) in [5.41, 5.74) is 0. The van der Waals surface area contributed by atoms with Crippen LogP contribution in [-0.4, -0.2) is 19.0 Å². The molecule has 1 aliphatic heterocycles. The fraction of sp³-hybridized carbons (Fsp3) is 1.00. The zero-order valence-electron chi connectivity index (χ0n) is 7.51. The number of hydrogen-bond donors (Lipinski definition) is 0. The lowest BCUT2D eigenvalue weighted by Crippen LogP contribution is -2.21. The van der Waals surface area contributed by atoms with Crippen molar-refractivity contribution in [3.05, 3.63) is 0 Å². The molecular weight excluding hydrogens is 140 g/mol. The molecule has 0 aromatic rings. The van der Waals surface area contributed by atoms with E-state index in [9.17, 15) is 0 Å². The van der Waals surface area contributed by atoms with Gasteiger partial charge in [0.2, 0.25) is 0 Å². The maximum absolute atomic E-state index is 5.44. The molecule has 0 amide bonds. The summed E-state index contributed by atoms with van der Waals surface area (Å²) < 4.78 is 10.9. The second-order valence-electron chi connectivity index (χ2n) is 3.11. The summed E-state index contributed by atoms with van der Waals surface area (Å²) in [6.45, 7) is 4.88. The molecule has 66 valence electrons. The summed E-state index contributed by atoms with van der Waals surface area (Å²) in [5, 5.41) is 0. The first-order valence-electron chi connectivity index (χ1n) is 4.61. The molecule has 11 heavy (non-hydrogen) atoms. The van der Waals surface area contributed by atoms with Gasteiger partial charge in [-0.15, -0.1) is 0 Å². The van der Waals surface area contributed by atoms with Crippen molar-refractivity contribution >= 4 is 0 Å². The van der Waals surface area contributed by atoms with Gasteiger partial charge in [0, 0.05) is 0 Å². The highest BCUT2D eigenvalue weighted by atomic mass is 16.7. The number of rotatable bonds is 4. The van der Waals surface area contributed by atoms with Crippen LogP contribution in [0, 0.1) is 0 Å². The lowest BCUT2D eigenvalue weighted by Gasteiger charge is -2.14. The van der Waals surface area contributed by atoms with Gasteiger partial charge in [0.15, 0.2) is 0 Å². The average molecular weight is 158 g/mol. The molecule has 1 aliphatic rings. The zero-order valence-corrected chi connectivity index (χ0v) is 7.51. The first-order valence-corrected chi connectivity index (χ1v) is 4.61. The molecule has 2 nitrogen and oxygen atoms in total. The van der Waals surface area contributed by atoms with Crippen LogP contribution in [0.3, 0.4) is 0 Å². The van der Waals surface area contributed by atoms with Crippen LogP contribution in [0.5, 0.6) is 0 Å². The van der Waals surface area contributed by atoms with Crippen molar-refractivity contribution < 1.29 is 9.47 Å². The van der Waals surface area contributed by atoms with E-state index in [0.29, 0.717) is 19.0 Å². The summed E-state index contributed by atoms with van der Waals surface area (Å²) in [6, 6.07) is 0. The Morgan fingerprint density at radius 1 is 1.00 bits per heavy atom. The van der Waals surface area contributed by atoms with Crippen molar-refractivity contribution in [1.29, 1.82) is 0 Å². The van der Waals surface area contributed by atoms with Gasteiger partial charge in [-0.25, -0.2) is 0 Å². The van der Waals surface area contributed by atoms with E-state index in [-0.39, 0.29) is 0 Å². The van der Waals surface area contributed by atoms with Crippen LogP contribution in [0.2, 0.25) is 0 Å². The highest BCUT2D eigenvalue weighted by Crippen LogP contribution is 2.20. The summed E-state index contributed by atoms with van der Waals surface area (Å²) in [6.07, 6.45) is 5.41. The molecule has 0 radical (unpaired) electrons. The van der Waals surface area contributed by atoms with Crippen LogP contribution in [0.25, 0.3) is 0 Å². The molecule has 2 atom stereocenters. The standard InChI is InChI=1S/C9H18O2/c1-3-5-8-9(6-4-2)11-7-10-8/h8-9H,3-7H2,1-2H3. The minimum atomic E-state index is 0.375. The lowest BCUT2D eigenvalue weighted by molar-refractivity contribution is 0.0364. The van der Waals surface area contributed by atoms with E-state index < -0.39 is 0 Å². The predicted molar refractivity (Wildman–Crippen MR) is 44.4 cm³/mol. The van der Waals surface area contributed by atoms with Crippen molar-refractivity contribution in [2.75, 3.05) is 6.79 Å². The van der Waals surface area contributed by atoms with Gasteiger partial charge in [-0.3, -0.25) is 0 Å². The predicted octanol–water partition coefficient (Wildman–Crippen LogP) is 2.33. The molecule has 2 heteroatoms. The average Bonchev–Trinajstić information content (AvgIpc) is 2.39. The minimum absolute atomic E-state index is 0.375. The van der Waals surface area contributed by atoms with Crippen LogP contribution in [0.1, 0.15) is 39.5 Å². The van der Waals surface area contributed by atoms with Gasteiger partial charge in [0.05, 0.1) is 12.2 Å². The molecule has 1 heterocycles. The van der Waals surface area contributed by atoms with E-state index in [0.717, 1.165) is 12.8 Å². The fourth-order valence-corrected chi connectivity index (χ4v) is 1.54. The molecule has 0 aromatic carbocycles. The van der Waals surface area contributed by atoms with E-state index >= 15 is 0 Å². The molecule has 0 saturated carbocycles. The molecule has 1 fully saturated rings. The summed E-state index contributed by atoms with van der Waals surface area (Å²) >= 11 is 0. The van der Waals surface area contributed by atoms with Crippen molar-refractivity contribution in [2.45, 2.75) is 51.7 Å². The third-order valence-corrected chi connectivity index (χ3v) is 2.13. The fourth-order valence-electron chi connectivity index (χ4n) is 1.54. The van der Waals surface area contributed by atoms with E-state index in [2.05, 4.69) is 13.8 Å². The van der Waals surface area contributed by atoms with Gasteiger partial charge in [0.25, 0.3) is 0 Å². The van der Waals surface area contributed by atoms with Crippen LogP contribution in [-0.2, 0) is 9.47 Å². The quantitative estimate of drug-likeness (QED) is 0.625. The minimum Gasteiger partial charge on any atom is -0.349 e. The Morgan fingerprint density at radius 2 is 1.45 bits per heavy atom. The highest BCUT2D eigenvalue weighted by molar-refractivity contribution is 4.72. The second kappa shape index (κ2) is 4.73. The third kappa shape index (κ3) is 2.46. The summed E-state index contributed by atoms with van der Waals surface area (Å²) in [4.78, 5) is 0. The molecule has 1 saturated heterocycles. The van der Waals surface area contributed by atoms with Crippen LogP contribution in [0.4, 0.5) is 0 Å². The van der Waals surface area contributed by atoms with Crippen molar-refractivity contribution in [2.24, 2.45) is 0 Å². The van der Waals surface area contributed by atoms with Gasteiger partial charge in [0.1, 0.15) is 6.79 Å². The van der Waals surface area contributed by atoms with Crippen LogP contribution < -0.4 is 0 Å². The topological polar surface area (TPSA) is 18.5 Å². The summed E-state index contributed by atoms with van der Waals surface area (Å²) in [5.74, 6) is 0. The second-order valence-corrected chi connectivity index (χ2v) is 3.11. The normalized spacial score (nSPS) is 31.1. The first kappa shape index (κ1) is 9.01. The van der Waals surface area contributed by atoms with E-state index in [1.807, 2.05) is 0 Å².